The zero-order chi connectivity index (χ0) is 21.1. The summed E-state index contributed by atoms with van der Waals surface area (Å²) in [5.74, 6) is 0.162. The SMILES string of the molecule is CCOC(=O)Oc1c2c(cn1-c1ccccc1)c1ccccc1n2OC(=O)OCC. The minimum Gasteiger partial charge on any atom is -0.434 e. The van der Waals surface area contributed by atoms with Crippen molar-refractivity contribution in [2.24, 2.45) is 0 Å². The van der Waals surface area contributed by atoms with Crippen LogP contribution >= 0.6 is 0 Å². The first kappa shape index (κ1) is 19.4. The van der Waals surface area contributed by atoms with E-state index in [1.54, 1.807) is 24.5 Å². The molecule has 4 aromatic rings. The summed E-state index contributed by atoms with van der Waals surface area (Å²) in [6, 6.07) is 16.8. The highest BCUT2D eigenvalue weighted by Gasteiger charge is 2.25. The van der Waals surface area contributed by atoms with Gasteiger partial charge in [-0.15, -0.1) is 0 Å². The van der Waals surface area contributed by atoms with E-state index in [9.17, 15) is 9.59 Å². The molecule has 4 rings (SSSR count). The molecule has 8 nitrogen and oxygen atoms in total. The van der Waals surface area contributed by atoms with Crippen molar-refractivity contribution >= 4 is 34.1 Å². The highest BCUT2D eigenvalue weighted by molar-refractivity contribution is 6.10. The second-order valence-electron chi connectivity index (χ2n) is 6.27. The number of aromatic nitrogens is 2. The maximum atomic E-state index is 12.2. The Kier molecular flexibility index (Phi) is 5.30. The highest BCUT2D eigenvalue weighted by Crippen LogP contribution is 2.38. The Morgan fingerprint density at radius 2 is 1.50 bits per heavy atom. The van der Waals surface area contributed by atoms with Gasteiger partial charge in [-0.05, 0) is 32.0 Å². The van der Waals surface area contributed by atoms with Crippen molar-refractivity contribution < 1.29 is 28.6 Å². The van der Waals surface area contributed by atoms with E-state index in [4.69, 9.17) is 19.0 Å². The molecular weight excluding hydrogens is 388 g/mol. The van der Waals surface area contributed by atoms with E-state index in [0.29, 0.717) is 11.0 Å². The second-order valence-corrected chi connectivity index (χ2v) is 6.27. The molecule has 2 aromatic carbocycles. The van der Waals surface area contributed by atoms with E-state index in [0.717, 1.165) is 16.5 Å². The smallest absolute Gasteiger partial charge is 0.434 e. The molecule has 0 atom stereocenters. The van der Waals surface area contributed by atoms with E-state index >= 15 is 0 Å². The van der Waals surface area contributed by atoms with E-state index in [1.165, 1.54) is 4.73 Å². The number of carbonyl (C=O) groups is 2. The summed E-state index contributed by atoms with van der Waals surface area (Å²) in [5, 5.41) is 1.55. The van der Waals surface area contributed by atoms with Crippen LogP contribution in [0.5, 0.6) is 5.88 Å². The number of ether oxygens (including phenoxy) is 3. The number of hydrogen-bond donors (Lipinski definition) is 0. The summed E-state index contributed by atoms with van der Waals surface area (Å²) in [4.78, 5) is 29.8. The summed E-state index contributed by atoms with van der Waals surface area (Å²) < 4.78 is 18.5. The third-order valence-corrected chi connectivity index (χ3v) is 4.46. The van der Waals surface area contributed by atoms with Crippen LogP contribution in [0.15, 0.2) is 60.8 Å². The zero-order valence-electron chi connectivity index (χ0n) is 16.5. The van der Waals surface area contributed by atoms with Crippen molar-refractivity contribution in [1.29, 1.82) is 0 Å². The Morgan fingerprint density at radius 3 is 2.23 bits per heavy atom. The molecule has 0 saturated carbocycles. The lowest BCUT2D eigenvalue weighted by molar-refractivity contribution is 0.0580. The van der Waals surface area contributed by atoms with Crippen LogP contribution < -0.4 is 9.57 Å². The van der Waals surface area contributed by atoms with Crippen molar-refractivity contribution in [1.82, 2.24) is 9.30 Å². The molecule has 0 fully saturated rings. The quantitative estimate of drug-likeness (QED) is 0.445. The van der Waals surface area contributed by atoms with Gasteiger partial charge in [-0.1, -0.05) is 36.4 Å². The van der Waals surface area contributed by atoms with Gasteiger partial charge in [-0.2, -0.15) is 4.73 Å². The largest absolute Gasteiger partial charge is 0.533 e. The van der Waals surface area contributed by atoms with Crippen LogP contribution in [0.4, 0.5) is 9.59 Å². The van der Waals surface area contributed by atoms with Gasteiger partial charge in [0.05, 0.1) is 18.7 Å². The van der Waals surface area contributed by atoms with Crippen LogP contribution in [0.3, 0.4) is 0 Å². The van der Waals surface area contributed by atoms with Crippen molar-refractivity contribution in [2.75, 3.05) is 13.2 Å². The highest BCUT2D eigenvalue weighted by atomic mass is 16.8. The lowest BCUT2D eigenvalue weighted by Crippen LogP contribution is -2.21. The van der Waals surface area contributed by atoms with Gasteiger partial charge >= 0.3 is 12.3 Å². The fourth-order valence-electron chi connectivity index (χ4n) is 3.29. The third-order valence-electron chi connectivity index (χ3n) is 4.46. The molecule has 0 unspecified atom stereocenters. The molecule has 2 heterocycles. The second kappa shape index (κ2) is 8.20. The first-order valence-electron chi connectivity index (χ1n) is 9.53. The lowest BCUT2D eigenvalue weighted by Gasteiger charge is -2.12. The van der Waals surface area contributed by atoms with Gasteiger partial charge in [0, 0.05) is 22.7 Å². The first-order chi connectivity index (χ1) is 14.6. The Hall–Kier alpha value is -3.94. The Morgan fingerprint density at radius 1 is 0.833 bits per heavy atom. The Labute approximate surface area is 172 Å². The van der Waals surface area contributed by atoms with Crippen LogP contribution in [0.1, 0.15) is 13.8 Å². The average molecular weight is 408 g/mol. The number of carbonyl (C=O) groups excluding carboxylic acids is 2. The fourth-order valence-corrected chi connectivity index (χ4v) is 3.29. The van der Waals surface area contributed by atoms with Crippen molar-refractivity contribution in [3.63, 3.8) is 0 Å². The maximum absolute atomic E-state index is 12.2. The number of fused-ring (bicyclic) bond motifs is 3. The summed E-state index contributed by atoms with van der Waals surface area (Å²) in [5.41, 5.74) is 1.80. The van der Waals surface area contributed by atoms with E-state index in [2.05, 4.69) is 0 Å². The maximum Gasteiger partial charge on any atom is 0.533 e. The normalized spacial score (nSPS) is 10.9. The zero-order valence-corrected chi connectivity index (χ0v) is 16.5. The minimum absolute atomic E-state index is 0.162. The van der Waals surface area contributed by atoms with Gasteiger partial charge in [0.25, 0.3) is 0 Å². The monoisotopic (exact) mass is 408 g/mol. The van der Waals surface area contributed by atoms with Crippen LogP contribution in [-0.4, -0.2) is 34.8 Å². The summed E-state index contributed by atoms with van der Waals surface area (Å²) in [6.07, 6.45) is 0.101. The van der Waals surface area contributed by atoms with Crippen molar-refractivity contribution in [2.45, 2.75) is 13.8 Å². The van der Waals surface area contributed by atoms with E-state index in [-0.39, 0.29) is 19.1 Å². The number of rotatable bonds is 5. The van der Waals surface area contributed by atoms with E-state index < -0.39 is 12.3 Å². The predicted octanol–water partition coefficient (Wildman–Crippen LogP) is 4.71. The summed E-state index contributed by atoms with van der Waals surface area (Å²) in [6.45, 7) is 3.70. The summed E-state index contributed by atoms with van der Waals surface area (Å²) in [7, 11) is 0. The molecule has 0 aliphatic heterocycles. The molecule has 0 spiro atoms. The van der Waals surface area contributed by atoms with Gasteiger partial charge in [0.15, 0.2) is 5.52 Å². The standard InChI is InChI=1S/C22H20N2O6/c1-3-27-21(25)29-20-19-17(14-23(20)15-10-6-5-7-11-15)16-12-8-9-13-18(16)24(19)30-22(26)28-4-2/h5-14H,3-4H2,1-2H3. The first-order valence-corrected chi connectivity index (χ1v) is 9.53. The third kappa shape index (κ3) is 3.43. The van der Waals surface area contributed by atoms with Gasteiger partial charge in [-0.3, -0.25) is 4.57 Å². The number of hydrogen-bond acceptors (Lipinski definition) is 6. The molecule has 0 N–H and O–H groups in total. The van der Waals surface area contributed by atoms with Crippen LogP contribution in [0, 0.1) is 0 Å². The van der Waals surface area contributed by atoms with Gasteiger partial charge in [0.2, 0.25) is 5.88 Å². The van der Waals surface area contributed by atoms with Crippen molar-refractivity contribution in [3.8, 4) is 11.6 Å². The summed E-state index contributed by atoms with van der Waals surface area (Å²) >= 11 is 0. The average Bonchev–Trinajstić information content (AvgIpc) is 3.25. The molecule has 0 aliphatic rings. The predicted molar refractivity (Wildman–Crippen MR) is 110 cm³/mol. The molecule has 0 radical (unpaired) electrons. The number of para-hydroxylation sites is 2. The van der Waals surface area contributed by atoms with Crippen LogP contribution in [0.2, 0.25) is 0 Å². The van der Waals surface area contributed by atoms with Crippen LogP contribution in [-0.2, 0) is 9.47 Å². The topological polar surface area (TPSA) is 80.9 Å². The minimum atomic E-state index is -0.866. The van der Waals surface area contributed by atoms with Gasteiger partial charge in [0.1, 0.15) is 0 Å². The molecule has 0 saturated heterocycles. The molecule has 0 bridgehead atoms. The fraction of sp³-hybridized carbons (Fsp3) is 0.182. The molecule has 2 aromatic heterocycles. The van der Waals surface area contributed by atoms with Gasteiger partial charge < -0.3 is 19.0 Å². The Bertz CT molecular complexity index is 1210. The molecule has 0 amide bonds. The molecule has 0 aliphatic carbocycles. The van der Waals surface area contributed by atoms with Gasteiger partial charge in [-0.25, -0.2) is 9.59 Å². The van der Waals surface area contributed by atoms with E-state index in [1.807, 2.05) is 54.7 Å². The lowest BCUT2D eigenvalue weighted by atomic mass is 10.2. The van der Waals surface area contributed by atoms with Crippen LogP contribution in [0.25, 0.3) is 27.5 Å². The molecular formula is C22H20N2O6. The number of nitrogens with zero attached hydrogens (tertiary/aromatic N) is 2. The molecule has 8 heteroatoms. The Balaban J connectivity index is 1.99. The van der Waals surface area contributed by atoms with Crippen molar-refractivity contribution in [3.05, 3.63) is 60.8 Å². The molecule has 30 heavy (non-hydrogen) atoms. The molecule has 154 valence electrons. The number of benzene rings is 2.